The van der Waals surface area contributed by atoms with Gasteiger partial charge in [0, 0.05) is 13.1 Å². The predicted molar refractivity (Wildman–Crippen MR) is 109 cm³/mol. The number of amides is 3. The number of para-hydroxylation sites is 1. The summed E-state index contributed by atoms with van der Waals surface area (Å²) in [5.41, 5.74) is -1.05. The predicted octanol–water partition coefficient (Wildman–Crippen LogP) is 1.84. The van der Waals surface area contributed by atoms with E-state index in [1.54, 1.807) is 42.5 Å². The minimum absolute atomic E-state index is 0.132. The van der Waals surface area contributed by atoms with Crippen molar-refractivity contribution in [1.82, 2.24) is 14.5 Å². The van der Waals surface area contributed by atoms with Crippen LogP contribution in [0.3, 0.4) is 0 Å². The van der Waals surface area contributed by atoms with Gasteiger partial charge in [0.15, 0.2) is 0 Å². The Balaban J connectivity index is 1.38. The van der Waals surface area contributed by atoms with Gasteiger partial charge in [-0.15, -0.1) is 0 Å². The van der Waals surface area contributed by atoms with E-state index >= 15 is 0 Å². The first kappa shape index (κ1) is 20.4. The SMILES string of the molecule is O=C1NC2(CCN(S(=O)(=O)c3ccccc3)CC2)C(=O)N1CCOc1ccccc1. The summed E-state index contributed by atoms with van der Waals surface area (Å²) in [6.45, 7) is 0.649. The van der Waals surface area contributed by atoms with Gasteiger partial charge in [0.05, 0.1) is 11.4 Å². The molecular formula is C21H23N3O5S. The first-order valence-electron chi connectivity index (χ1n) is 9.80. The number of piperidine rings is 1. The largest absolute Gasteiger partial charge is 0.492 e. The molecule has 2 aromatic rings. The third kappa shape index (κ3) is 3.78. The monoisotopic (exact) mass is 429 g/mol. The van der Waals surface area contributed by atoms with Crippen LogP contribution in [0, 0.1) is 0 Å². The lowest BCUT2D eigenvalue weighted by molar-refractivity contribution is -0.132. The van der Waals surface area contributed by atoms with Crippen LogP contribution in [-0.4, -0.2) is 61.3 Å². The van der Waals surface area contributed by atoms with E-state index in [1.807, 2.05) is 18.2 Å². The van der Waals surface area contributed by atoms with Crippen LogP contribution in [0.1, 0.15) is 12.8 Å². The lowest BCUT2D eigenvalue weighted by atomic mass is 9.88. The Kier molecular flexibility index (Phi) is 5.48. The molecule has 1 N–H and O–H groups in total. The summed E-state index contributed by atoms with van der Waals surface area (Å²) in [6.07, 6.45) is 0.472. The molecule has 1 spiro atoms. The number of urea groups is 1. The Hall–Kier alpha value is -2.91. The lowest BCUT2D eigenvalue weighted by Crippen LogP contribution is -2.55. The van der Waals surface area contributed by atoms with E-state index in [4.69, 9.17) is 4.74 Å². The van der Waals surface area contributed by atoms with Gasteiger partial charge in [0.25, 0.3) is 5.91 Å². The fourth-order valence-electron chi connectivity index (χ4n) is 3.84. The van der Waals surface area contributed by atoms with Crippen LogP contribution in [0.4, 0.5) is 4.79 Å². The zero-order valence-electron chi connectivity index (χ0n) is 16.4. The third-order valence-electron chi connectivity index (χ3n) is 5.53. The van der Waals surface area contributed by atoms with E-state index in [1.165, 1.54) is 4.31 Å². The number of rotatable bonds is 6. The van der Waals surface area contributed by atoms with E-state index in [9.17, 15) is 18.0 Å². The second-order valence-electron chi connectivity index (χ2n) is 7.35. The minimum atomic E-state index is -3.62. The van der Waals surface area contributed by atoms with Crippen LogP contribution in [0.15, 0.2) is 65.6 Å². The number of sulfonamides is 1. The van der Waals surface area contributed by atoms with Crippen LogP contribution in [0.25, 0.3) is 0 Å². The highest BCUT2D eigenvalue weighted by Gasteiger charge is 2.53. The summed E-state index contributed by atoms with van der Waals surface area (Å²) < 4.78 is 32.6. The molecule has 0 aromatic heterocycles. The summed E-state index contributed by atoms with van der Waals surface area (Å²) in [7, 11) is -3.62. The molecule has 2 aromatic carbocycles. The van der Waals surface area contributed by atoms with Crippen molar-refractivity contribution in [1.29, 1.82) is 0 Å². The Labute approximate surface area is 175 Å². The van der Waals surface area contributed by atoms with Gasteiger partial charge in [-0.1, -0.05) is 36.4 Å². The first-order valence-corrected chi connectivity index (χ1v) is 11.2. The zero-order valence-corrected chi connectivity index (χ0v) is 17.2. The quantitative estimate of drug-likeness (QED) is 0.707. The van der Waals surface area contributed by atoms with Crippen molar-refractivity contribution in [3.63, 3.8) is 0 Å². The Morgan fingerprint density at radius 1 is 0.933 bits per heavy atom. The highest BCUT2D eigenvalue weighted by Crippen LogP contribution is 2.31. The molecule has 0 radical (unpaired) electrons. The summed E-state index contributed by atoms with van der Waals surface area (Å²) in [4.78, 5) is 26.8. The maximum absolute atomic E-state index is 13.0. The Morgan fingerprint density at radius 2 is 1.53 bits per heavy atom. The molecule has 158 valence electrons. The second kappa shape index (κ2) is 8.08. The van der Waals surface area contributed by atoms with Crippen molar-refractivity contribution in [2.24, 2.45) is 0 Å². The van der Waals surface area contributed by atoms with Crippen molar-refractivity contribution >= 4 is 22.0 Å². The van der Waals surface area contributed by atoms with Crippen molar-refractivity contribution in [2.75, 3.05) is 26.2 Å². The molecule has 4 rings (SSSR count). The van der Waals surface area contributed by atoms with Gasteiger partial charge in [0.2, 0.25) is 10.0 Å². The van der Waals surface area contributed by atoms with Crippen molar-refractivity contribution in [2.45, 2.75) is 23.3 Å². The molecule has 2 fully saturated rings. The highest BCUT2D eigenvalue weighted by atomic mass is 32.2. The Bertz CT molecular complexity index is 1020. The molecule has 0 aliphatic carbocycles. The van der Waals surface area contributed by atoms with Gasteiger partial charge >= 0.3 is 6.03 Å². The number of hydrogen-bond donors (Lipinski definition) is 1. The highest BCUT2D eigenvalue weighted by molar-refractivity contribution is 7.89. The van der Waals surface area contributed by atoms with Crippen molar-refractivity contribution < 1.29 is 22.7 Å². The van der Waals surface area contributed by atoms with Gasteiger partial charge in [-0.3, -0.25) is 9.69 Å². The van der Waals surface area contributed by atoms with Gasteiger partial charge in [-0.25, -0.2) is 13.2 Å². The van der Waals surface area contributed by atoms with Gasteiger partial charge in [-0.2, -0.15) is 4.31 Å². The van der Waals surface area contributed by atoms with Gasteiger partial charge in [0.1, 0.15) is 17.9 Å². The van der Waals surface area contributed by atoms with E-state index in [2.05, 4.69) is 5.32 Å². The maximum atomic E-state index is 13.0. The van der Waals surface area contributed by atoms with Gasteiger partial charge < -0.3 is 10.1 Å². The lowest BCUT2D eigenvalue weighted by Gasteiger charge is -2.36. The summed E-state index contributed by atoms with van der Waals surface area (Å²) in [5.74, 6) is 0.347. The topological polar surface area (TPSA) is 96.0 Å². The molecule has 0 atom stereocenters. The number of carbonyl (C=O) groups excluding carboxylic acids is 2. The number of imide groups is 1. The molecule has 0 bridgehead atoms. The second-order valence-corrected chi connectivity index (χ2v) is 9.29. The molecule has 2 aliphatic rings. The zero-order chi connectivity index (χ0) is 21.2. The average molecular weight is 429 g/mol. The van der Waals surface area contributed by atoms with Crippen LogP contribution < -0.4 is 10.1 Å². The van der Waals surface area contributed by atoms with E-state index < -0.39 is 21.6 Å². The fraction of sp³-hybridized carbons (Fsp3) is 0.333. The van der Waals surface area contributed by atoms with Crippen molar-refractivity contribution in [3.05, 3.63) is 60.7 Å². The standard InChI is InChI=1S/C21H23N3O5S/c25-19-21(22-20(26)24(19)15-16-29-17-7-3-1-4-8-17)11-13-23(14-12-21)30(27,28)18-9-5-2-6-10-18/h1-10H,11-16H2,(H,22,26). The van der Waals surface area contributed by atoms with Gasteiger partial charge in [-0.05, 0) is 37.1 Å². The number of nitrogens with one attached hydrogen (secondary N) is 1. The summed E-state index contributed by atoms with van der Waals surface area (Å²) in [6, 6.07) is 16.9. The first-order chi connectivity index (χ1) is 14.4. The molecule has 2 aliphatic heterocycles. The third-order valence-corrected chi connectivity index (χ3v) is 7.44. The number of benzene rings is 2. The molecule has 3 amide bonds. The van der Waals surface area contributed by atoms with Crippen molar-refractivity contribution in [3.8, 4) is 5.75 Å². The van der Waals surface area contributed by atoms with E-state index in [0.717, 1.165) is 4.90 Å². The van der Waals surface area contributed by atoms with Crippen LogP contribution in [0.5, 0.6) is 5.75 Å². The molecular weight excluding hydrogens is 406 g/mol. The number of ether oxygens (including phenoxy) is 1. The fourth-order valence-corrected chi connectivity index (χ4v) is 5.30. The maximum Gasteiger partial charge on any atom is 0.325 e. The normalized spacial score (nSPS) is 19.1. The molecule has 8 nitrogen and oxygen atoms in total. The summed E-state index contributed by atoms with van der Waals surface area (Å²) >= 11 is 0. The average Bonchev–Trinajstić information content (AvgIpc) is 2.99. The molecule has 2 saturated heterocycles. The van der Waals surface area contributed by atoms with E-state index in [0.29, 0.717) is 5.75 Å². The number of hydrogen-bond acceptors (Lipinski definition) is 5. The number of carbonyl (C=O) groups is 2. The molecule has 0 unspecified atom stereocenters. The van der Waals surface area contributed by atoms with Crippen LogP contribution >= 0.6 is 0 Å². The minimum Gasteiger partial charge on any atom is -0.492 e. The molecule has 9 heteroatoms. The summed E-state index contributed by atoms with van der Waals surface area (Å²) in [5, 5.41) is 2.79. The smallest absolute Gasteiger partial charge is 0.325 e. The van der Waals surface area contributed by atoms with Crippen LogP contribution in [-0.2, 0) is 14.8 Å². The molecule has 2 heterocycles. The van der Waals surface area contributed by atoms with Crippen LogP contribution in [0.2, 0.25) is 0 Å². The molecule has 30 heavy (non-hydrogen) atoms. The Morgan fingerprint density at radius 3 is 2.17 bits per heavy atom. The molecule has 0 saturated carbocycles. The van der Waals surface area contributed by atoms with E-state index in [-0.39, 0.29) is 49.9 Å². The number of nitrogens with zero attached hydrogens (tertiary/aromatic N) is 2.